The van der Waals surface area contributed by atoms with Crippen molar-refractivity contribution < 1.29 is 27.5 Å². The van der Waals surface area contributed by atoms with Gasteiger partial charge in [-0.15, -0.1) is 23.5 Å². The summed E-state index contributed by atoms with van der Waals surface area (Å²) in [4.78, 5) is 24.8. The van der Waals surface area contributed by atoms with Gasteiger partial charge in [0.15, 0.2) is 12.7 Å². The zero-order valence-corrected chi connectivity index (χ0v) is 22.6. The van der Waals surface area contributed by atoms with Crippen LogP contribution in [0, 0.1) is 6.92 Å². The maximum Gasteiger partial charge on any atom is 0.344 e. The lowest BCUT2D eigenvalue weighted by atomic mass is 10.2. The van der Waals surface area contributed by atoms with Gasteiger partial charge in [0, 0.05) is 19.8 Å². The first-order valence-corrected chi connectivity index (χ1v) is 14.6. The summed E-state index contributed by atoms with van der Waals surface area (Å²) in [5.74, 6) is 1.60. The molecule has 0 aliphatic carbocycles. The van der Waals surface area contributed by atoms with E-state index in [4.69, 9.17) is 9.47 Å². The summed E-state index contributed by atoms with van der Waals surface area (Å²) in [5.41, 5.74) is 2.22. The van der Waals surface area contributed by atoms with Gasteiger partial charge in [0.05, 0.1) is 9.48 Å². The molecule has 1 fully saturated rings. The summed E-state index contributed by atoms with van der Waals surface area (Å²) in [6, 6.07) is 12.1. The third-order valence-corrected chi connectivity index (χ3v) is 10.1. The highest BCUT2D eigenvalue weighted by Crippen LogP contribution is 2.43. The number of rotatable bonds is 9. The van der Waals surface area contributed by atoms with Gasteiger partial charge in [-0.1, -0.05) is 18.2 Å². The number of sulfonamides is 1. The van der Waals surface area contributed by atoms with Gasteiger partial charge in [-0.05, 0) is 67.2 Å². The normalized spacial score (nSPS) is 15.5. The first-order valence-electron chi connectivity index (χ1n) is 11.1. The fraction of sp³-hybridized carbons (Fsp3) is 0.417. The van der Waals surface area contributed by atoms with Gasteiger partial charge in [0.2, 0.25) is 10.0 Å². The monoisotopic (exact) mass is 538 g/mol. The number of nitrogens with zero attached hydrogens (tertiary/aromatic N) is 1. The van der Waals surface area contributed by atoms with E-state index in [9.17, 15) is 18.0 Å². The molecule has 35 heavy (non-hydrogen) atoms. The number of thioether (sulfide) groups is 2. The molecule has 0 spiro atoms. The largest absolute Gasteiger partial charge is 0.482 e. The van der Waals surface area contributed by atoms with Gasteiger partial charge < -0.3 is 14.8 Å². The van der Waals surface area contributed by atoms with Crippen LogP contribution in [-0.4, -0.2) is 62.9 Å². The Hall–Kier alpha value is -2.21. The summed E-state index contributed by atoms with van der Waals surface area (Å²) in [7, 11) is -0.795. The van der Waals surface area contributed by atoms with Crippen molar-refractivity contribution in [1.29, 1.82) is 0 Å². The van der Waals surface area contributed by atoms with Gasteiger partial charge in [-0.25, -0.2) is 17.5 Å². The second-order valence-electron chi connectivity index (χ2n) is 8.17. The van der Waals surface area contributed by atoms with Crippen LogP contribution in [0.25, 0.3) is 0 Å². The van der Waals surface area contributed by atoms with Crippen molar-refractivity contribution in [3.05, 3.63) is 53.6 Å². The van der Waals surface area contributed by atoms with E-state index in [0.29, 0.717) is 21.6 Å². The molecule has 0 radical (unpaired) electrons. The average Bonchev–Trinajstić information content (AvgIpc) is 2.84. The van der Waals surface area contributed by atoms with Crippen LogP contribution in [0.1, 0.15) is 29.1 Å². The molecule has 190 valence electrons. The van der Waals surface area contributed by atoms with Crippen molar-refractivity contribution in [2.75, 3.05) is 37.5 Å². The minimum atomic E-state index is -3.66. The molecular formula is C24H30N2O6S3. The fourth-order valence-corrected chi connectivity index (χ4v) is 6.99. The number of aryl methyl sites for hydroxylation is 1. The molecule has 3 rings (SSSR count). The molecule has 1 unspecified atom stereocenters. The van der Waals surface area contributed by atoms with Crippen molar-refractivity contribution >= 4 is 51.1 Å². The van der Waals surface area contributed by atoms with Crippen LogP contribution in [0.2, 0.25) is 0 Å². The Morgan fingerprint density at radius 1 is 1.11 bits per heavy atom. The minimum absolute atomic E-state index is 0.0492. The lowest BCUT2D eigenvalue weighted by Crippen LogP contribution is -2.32. The van der Waals surface area contributed by atoms with Gasteiger partial charge in [0.1, 0.15) is 5.75 Å². The van der Waals surface area contributed by atoms with Gasteiger partial charge in [-0.2, -0.15) is 0 Å². The third kappa shape index (κ3) is 7.39. The Bertz CT molecular complexity index is 1150. The number of hydrogen-bond acceptors (Lipinski definition) is 8. The lowest BCUT2D eigenvalue weighted by molar-refractivity contribution is -0.155. The predicted octanol–water partition coefficient (Wildman–Crippen LogP) is 4.06. The maximum atomic E-state index is 12.6. The van der Waals surface area contributed by atoms with Crippen molar-refractivity contribution in [2.24, 2.45) is 0 Å². The van der Waals surface area contributed by atoms with Crippen molar-refractivity contribution in [1.82, 2.24) is 4.31 Å². The fourth-order valence-electron chi connectivity index (χ4n) is 3.17. The van der Waals surface area contributed by atoms with Crippen molar-refractivity contribution in [3.63, 3.8) is 0 Å². The Kier molecular flexibility index (Phi) is 9.51. The van der Waals surface area contributed by atoms with E-state index in [2.05, 4.69) is 5.32 Å². The molecule has 0 bridgehead atoms. The number of hydrogen-bond donors (Lipinski definition) is 1. The van der Waals surface area contributed by atoms with E-state index in [1.54, 1.807) is 13.0 Å². The second-order valence-corrected chi connectivity index (χ2v) is 13.0. The highest BCUT2D eigenvalue weighted by molar-refractivity contribution is 8.16. The number of nitrogens with one attached hydrogen (secondary N) is 1. The summed E-state index contributed by atoms with van der Waals surface area (Å²) in [5, 5.41) is 2.63. The molecular weight excluding hydrogens is 508 g/mol. The van der Waals surface area contributed by atoms with E-state index in [0.717, 1.165) is 15.8 Å². The quantitative estimate of drug-likeness (QED) is 0.477. The number of ether oxygens (including phenoxy) is 2. The summed E-state index contributed by atoms with van der Waals surface area (Å²) in [6.45, 7) is 2.85. The summed E-state index contributed by atoms with van der Waals surface area (Å²) < 4.78 is 37.0. The number of esters is 1. The zero-order chi connectivity index (χ0) is 25.6. The average molecular weight is 539 g/mol. The molecule has 1 saturated heterocycles. The van der Waals surface area contributed by atoms with Crippen LogP contribution in [-0.2, 0) is 24.3 Å². The number of carbonyl (C=O) groups is 2. The molecule has 1 aliphatic rings. The molecule has 1 amide bonds. The van der Waals surface area contributed by atoms with E-state index in [1.807, 2.05) is 47.8 Å². The van der Waals surface area contributed by atoms with E-state index >= 15 is 0 Å². The van der Waals surface area contributed by atoms with E-state index < -0.39 is 28.0 Å². The predicted molar refractivity (Wildman–Crippen MR) is 140 cm³/mol. The molecule has 2 aromatic carbocycles. The molecule has 1 N–H and O–H groups in total. The van der Waals surface area contributed by atoms with Crippen LogP contribution in [0.4, 0.5) is 5.69 Å². The van der Waals surface area contributed by atoms with Crippen LogP contribution in [0.3, 0.4) is 0 Å². The number of carbonyl (C=O) groups excluding carboxylic acids is 2. The Balaban J connectivity index is 1.52. The minimum Gasteiger partial charge on any atom is -0.482 e. The molecule has 0 saturated carbocycles. The molecule has 0 aromatic heterocycles. The Morgan fingerprint density at radius 3 is 2.40 bits per heavy atom. The van der Waals surface area contributed by atoms with Crippen molar-refractivity contribution in [3.8, 4) is 5.75 Å². The smallest absolute Gasteiger partial charge is 0.344 e. The Labute approximate surface area is 215 Å². The zero-order valence-electron chi connectivity index (χ0n) is 20.1. The number of anilines is 1. The summed E-state index contributed by atoms with van der Waals surface area (Å²) >= 11 is 3.87. The topological polar surface area (TPSA) is 102 Å². The van der Waals surface area contributed by atoms with Gasteiger partial charge in [-0.3, -0.25) is 4.79 Å². The van der Waals surface area contributed by atoms with E-state index in [1.165, 1.54) is 45.1 Å². The molecule has 1 aliphatic heterocycles. The van der Waals surface area contributed by atoms with Crippen molar-refractivity contribution in [2.45, 2.75) is 35.8 Å². The molecule has 2 aromatic rings. The first kappa shape index (κ1) is 27.4. The lowest BCUT2D eigenvalue weighted by Gasteiger charge is -2.21. The molecule has 11 heteroatoms. The first-order chi connectivity index (χ1) is 16.6. The van der Waals surface area contributed by atoms with Gasteiger partial charge in [0.25, 0.3) is 5.91 Å². The highest BCUT2D eigenvalue weighted by Gasteiger charge is 2.22. The SMILES string of the molecule is Cc1ccc(S(=O)(=O)N(C)C)cc1NC(=O)C(C)OC(=O)COc1ccc(C2SCCCS2)cc1. The third-order valence-electron chi connectivity index (χ3n) is 5.26. The van der Waals surface area contributed by atoms with Gasteiger partial charge >= 0.3 is 5.97 Å². The second kappa shape index (κ2) is 12.2. The molecule has 8 nitrogen and oxygen atoms in total. The van der Waals surface area contributed by atoms with Crippen LogP contribution >= 0.6 is 23.5 Å². The van der Waals surface area contributed by atoms with Crippen LogP contribution in [0.5, 0.6) is 5.75 Å². The summed E-state index contributed by atoms with van der Waals surface area (Å²) in [6.07, 6.45) is 0.137. The number of amides is 1. The molecule has 1 atom stereocenters. The van der Waals surface area contributed by atoms with Crippen LogP contribution in [0.15, 0.2) is 47.4 Å². The highest BCUT2D eigenvalue weighted by atomic mass is 32.2. The Morgan fingerprint density at radius 2 is 1.77 bits per heavy atom. The maximum absolute atomic E-state index is 12.6. The van der Waals surface area contributed by atoms with E-state index in [-0.39, 0.29) is 11.5 Å². The molecule has 1 heterocycles. The standard InChI is InChI=1S/C24H30N2O6S3/c1-16-6-11-20(35(29,30)26(3)4)14-21(16)25-23(28)17(2)32-22(27)15-31-19-9-7-18(8-10-19)24-33-12-5-13-34-24/h6-11,14,17,24H,5,12-13,15H2,1-4H3,(H,25,28). The number of benzene rings is 2. The van der Waals surface area contributed by atoms with Crippen LogP contribution < -0.4 is 10.1 Å².